The van der Waals surface area contributed by atoms with Crippen LogP contribution in [0.25, 0.3) is 0 Å². The van der Waals surface area contributed by atoms with Gasteiger partial charge in [0.15, 0.2) is 0 Å². The van der Waals surface area contributed by atoms with Crippen LogP contribution in [0.15, 0.2) is 36.4 Å². The first-order chi connectivity index (χ1) is 11.7. The molecule has 8 heteroatoms. The van der Waals surface area contributed by atoms with Gasteiger partial charge in [0.05, 0.1) is 22.3 Å². The zero-order chi connectivity index (χ0) is 18.7. The molecule has 0 unspecified atom stereocenters. The highest BCUT2D eigenvalue weighted by Crippen LogP contribution is 2.19. The van der Waals surface area contributed by atoms with Gasteiger partial charge in [-0.3, -0.25) is 0 Å². The molecule has 0 aliphatic carbocycles. The van der Waals surface area contributed by atoms with Gasteiger partial charge in [-0.15, -0.1) is 0 Å². The summed E-state index contributed by atoms with van der Waals surface area (Å²) in [5, 5.41) is 36.2. The number of rotatable bonds is 6. The molecule has 0 atom stereocenters. The molecule has 8 nitrogen and oxygen atoms in total. The van der Waals surface area contributed by atoms with Crippen molar-refractivity contribution in [3.63, 3.8) is 0 Å². The molecule has 0 aliphatic heterocycles. The van der Waals surface area contributed by atoms with E-state index in [0.29, 0.717) is 11.1 Å². The van der Waals surface area contributed by atoms with E-state index in [2.05, 4.69) is 0 Å². The van der Waals surface area contributed by atoms with Crippen LogP contribution in [0, 0.1) is 0 Å². The number of carboxylic acids is 4. The summed E-state index contributed by atoms with van der Waals surface area (Å²) in [5.74, 6) is -5.54. The summed E-state index contributed by atoms with van der Waals surface area (Å²) in [4.78, 5) is 44.4. The average molecular weight is 344 g/mol. The molecule has 0 spiro atoms. The summed E-state index contributed by atoms with van der Waals surface area (Å²) in [7, 11) is 0. The van der Waals surface area contributed by atoms with Crippen molar-refractivity contribution in [3.05, 3.63) is 69.8 Å². The number of hydrogen-bond donors (Lipinski definition) is 4. The molecule has 0 fully saturated rings. The summed E-state index contributed by atoms with van der Waals surface area (Å²) >= 11 is 0. The highest BCUT2D eigenvalue weighted by atomic mass is 16.4. The Morgan fingerprint density at radius 3 is 1.16 bits per heavy atom. The predicted octanol–water partition coefficient (Wildman–Crippen LogP) is 2.07. The lowest BCUT2D eigenvalue weighted by Crippen LogP contribution is -2.10. The van der Waals surface area contributed by atoms with Gasteiger partial charge >= 0.3 is 23.9 Å². The highest BCUT2D eigenvalue weighted by Gasteiger charge is 2.18. The smallest absolute Gasteiger partial charge is 0.336 e. The summed E-state index contributed by atoms with van der Waals surface area (Å²) in [5.41, 5.74) is -0.591. The standard InChI is InChI=1S/C17H12O8/c18-14(19)10-3-1-8(6-12(10)16(22)23)5-9-2-4-11(15(20)21)13(7-9)17(24)25/h1-4,6-7H,5H2,(H,18,19)(H,20,21)(H,22,23)(H,24,25). The Balaban J connectivity index is 2.43. The molecule has 128 valence electrons. The van der Waals surface area contributed by atoms with Crippen LogP contribution in [0.4, 0.5) is 0 Å². The van der Waals surface area contributed by atoms with Crippen LogP contribution in [-0.2, 0) is 6.42 Å². The third-order valence-electron chi connectivity index (χ3n) is 3.50. The Hall–Kier alpha value is -3.68. The van der Waals surface area contributed by atoms with E-state index < -0.39 is 23.9 Å². The van der Waals surface area contributed by atoms with Crippen molar-refractivity contribution < 1.29 is 39.6 Å². The van der Waals surface area contributed by atoms with E-state index in [-0.39, 0.29) is 28.7 Å². The van der Waals surface area contributed by atoms with E-state index in [4.69, 9.17) is 20.4 Å². The Kier molecular flexibility index (Phi) is 4.83. The first kappa shape index (κ1) is 17.7. The van der Waals surface area contributed by atoms with Crippen LogP contribution in [0.5, 0.6) is 0 Å². The molecular formula is C17H12O8. The summed E-state index contributed by atoms with van der Waals surface area (Å²) in [6.07, 6.45) is 0.111. The highest BCUT2D eigenvalue weighted by molar-refractivity contribution is 6.02. The minimum atomic E-state index is -1.40. The molecule has 0 heterocycles. The Morgan fingerprint density at radius 2 is 0.880 bits per heavy atom. The van der Waals surface area contributed by atoms with E-state index in [1.807, 2.05) is 0 Å². The van der Waals surface area contributed by atoms with Crippen LogP contribution >= 0.6 is 0 Å². The van der Waals surface area contributed by atoms with Crippen LogP contribution in [0.3, 0.4) is 0 Å². The molecule has 2 aromatic carbocycles. The fourth-order valence-corrected chi connectivity index (χ4v) is 2.37. The van der Waals surface area contributed by atoms with Gasteiger partial charge in [-0.05, 0) is 41.8 Å². The minimum Gasteiger partial charge on any atom is -0.478 e. The zero-order valence-electron chi connectivity index (χ0n) is 12.6. The van der Waals surface area contributed by atoms with E-state index in [9.17, 15) is 19.2 Å². The Morgan fingerprint density at radius 1 is 0.560 bits per heavy atom. The maximum Gasteiger partial charge on any atom is 0.336 e. The van der Waals surface area contributed by atoms with Crippen molar-refractivity contribution in [2.75, 3.05) is 0 Å². The van der Waals surface area contributed by atoms with Crippen molar-refractivity contribution in [2.24, 2.45) is 0 Å². The Labute approximate surface area is 140 Å². The summed E-state index contributed by atoms with van der Waals surface area (Å²) < 4.78 is 0. The molecular weight excluding hydrogens is 332 g/mol. The summed E-state index contributed by atoms with van der Waals surface area (Å²) in [6.45, 7) is 0. The molecule has 2 aromatic rings. The molecule has 0 aromatic heterocycles. The fourth-order valence-electron chi connectivity index (χ4n) is 2.37. The molecule has 4 N–H and O–H groups in total. The topological polar surface area (TPSA) is 149 Å². The van der Waals surface area contributed by atoms with Gasteiger partial charge in [0.1, 0.15) is 0 Å². The molecule has 0 aliphatic rings. The lowest BCUT2D eigenvalue weighted by Gasteiger charge is -2.08. The molecule has 0 saturated carbocycles. The second kappa shape index (κ2) is 6.83. The van der Waals surface area contributed by atoms with Gasteiger partial charge < -0.3 is 20.4 Å². The second-order valence-electron chi connectivity index (χ2n) is 5.16. The molecule has 0 bridgehead atoms. The second-order valence-corrected chi connectivity index (χ2v) is 5.16. The van der Waals surface area contributed by atoms with Gasteiger partial charge in [0.2, 0.25) is 0 Å². The summed E-state index contributed by atoms with van der Waals surface area (Å²) in [6, 6.07) is 7.53. The molecule has 2 rings (SSSR count). The maximum absolute atomic E-state index is 11.2. The van der Waals surface area contributed by atoms with Gasteiger partial charge in [0, 0.05) is 0 Å². The third-order valence-corrected chi connectivity index (χ3v) is 3.50. The van der Waals surface area contributed by atoms with E-state index >= 15 is 0 Å². The van der Waals surface area contributed by atoms with Crippen molar-refractivity contribution in [1.82, 2.24) is 0 Å². The normalized spacial score (nSPS) is 10.2. The molecule has 0 saturated heterocycles. The number of hydrogen-bond acceptors (Lipinski definition) is 4. The van der Waals surface area contributed by atoms with Crippen LogP contribution in [0.1, 0.15) is 52.6 Å². The van der Waals surface area contributed by atoms with Crippen molar-refractivity contribution >= 4 is 23.9 Å². The van der Waals surface area contributed by atoms with E-state index in [1.165, 1.54) is 24.3 Å². The third kappa shape index (κ3) is 3.81. The van der Waals surface area contributed by atoms with Crippen LogP contribution < -0.4 is 0 Å². The van der Waals surface area contributed by atoms with Crippen molar-refractivity contribution in [3.8, 4) is 0 Å². The molecule has 25 heavy (non-hydrogen) atoms. The first-order valence-electron chi connectivity index (χ1n) is 6.89. The van der Waals surface area contributed by atoms with Gasteiger partial charge in [-0.25, -0.2) is 19.2 Å². The average Bonchev–Trinajstić information content (AvgIpc) is 2.54. The Bertz CT molecular complexity index is 824. The maximum atomic E-state index is 11.2. The molecule has 0 radical (unpaired) electrons. The minimum absolute atomic E-state index is 0.111. The van der Waals surface area contributed by atoms with Gasteiger partial charge in [0.25, 0.3) is 0 Å². The quantitative estimate of drug-likeness (QED) is 0.622. The SMILES string of the molecule is O=C(O)c1ccc(Cc2ccc(C(=O)O)c(C(=O)O)c2)cc1C(=O)O. The van der Waals surface area contributed by atoms with Crippen molar-refractivity contribution in [1.29, 1.82) is 0 Å². The van der Waals surface area contributed by atoms with E-state index in [1.54, 1.807) is 0 Å². The monoisotopic (exact) mass is 344 g/mol. The van der Waals surface area contributed by atoms with Crippen LogP contribution in [0.2, 0.25) is 0 Å². The lowest BCUT2D eigenvalue weighted by atomic mass is 9.96. The van der Waals surface area contributed by atoms with E-state index in [0.717, 1.165) is 12.1 Å². The first-order valence-corrected chi connectivity index (χ1v) is 6.89. The number of aromatic carboxylic acids is 4. The predicted molar refractivity (Wildman–Crippen MR) is 83.5 cm³/mol. The van der Waals surface area contributed by atoms with Gasteiger partial charge in [-0.2, -0.15) is 0 Å². The molecule has 0 amide bonds. The zero-order valence-corrected chi connectivity index (χ0v) is 12.6. The van der Waals surface area contributed by atoms with Crippen LogP contribution in [-0.4, -0.2) is 44.3 Å². The van der Waals surface area contributed by atoms with Crippen molar-refractivity contribution in [2.45, 2.75) is 6.42 Å². The largest absolute Gasteiger partial charge is 0.478 e. The van der Waals surface area contributed by atoms with Gasteiger partial charge in [-0.1, -0.05) is 12.1 Å². The lowest BCUT2D eigenvalue weighted by molar-refractivity contribution is 0.0651. The fraction of sp³-hybridized carbons (Fsp3) is 0.0588. The number of benzene rings is 2. The number of carbonyl (C=O) groups is 4. The number of carboxylic acid groups (broad SMARTS) is 4.